The number of hydrogen-bond donors (Lipinski definition) is 1. The van der Waals surface area contributed by atoms with Crippen LogP contribution in [0.5, 0.6) is 5.75 Å². The molecule has 0 spiro atoms. The van der Waals surface area contributed by atoms with Crippen molar-refractivity contribution in [2.24, 2.45) is 0 Å². The molecule has 1 saturated heterocycles. The quantitative estimate of drug-likeness (QED) is 0.914. The van der Waals surface area contributed by atoms with Gasteiger partial charge in [-0.05, 0) is 51.3 Å². The Labute approximate surface area is 150 Å². The number of nitrogens with one attached hydrogen (secondary N) is 1. The van der Waals surface area contributed by atoms with Crippen LogP contribution in [0.4, 0.5) is 4.79 Å². The van der Waals surface area contributed by atoms with Gasteiger partial charge in [-0.2, -0.15) is 0 Å². The van der Waals surface area contributed by atoms with Crippen LogP contribution in [0.3, 0.4) is 0 Å². The molecule has 6 nitrogen and oxygen atoms in total. The molecule has 0 saturated carbocycles. The fourth-order valence-corrected chi connectivity index (χ4v) is 3.22. The summed E-state index contributed by atoms with van der Waals surface area (Å²) < 4.78 is 5.46. The van der Waals surface area contributed by atoms with Crippen molar-refractivity contribution in [2.45, 2.75) is 40.2 Å². The molecule has 138 valence electrons. The molecular formula is C19H29N3O3. The van der Waals surface area contributed by atoms with Gasteiger partial charge in [-0.15, -0.1) is 0 Å². The Morgan fingerprint density at radius 2 is 1.72 bits per heavy atom. The first-order valence-electron chi connectivity index (χ1n) is 8.83. The molecule has 0 aliphatic carbocycles. The molecule has 1 aromatic rings. The van der Waals surface area contributed by atoms with Crippen molar-refractivity contribution in [1.82, 2.24) is 15.1 Å². The summed E-state index contributed by atoms with van der Waals surface area (Å²) in [5.74, 6) is 0.601. The smallest absolute Gasteiger partial charge is 0.317 e. The zero-order valence-electron chi connectivity index (χ0n) is 15.9. The van der Waals surface area contributed by atoms with Gasteiger partial charge in [0, 0.05) is 32.2 Å². The second kappa shape index (κ2) is 8.23. The number of aryl methyl sites for hydroxylation is 2. The monoisotopic (exact) mass is 347 g/mol. The molecule has 6 heteroatoms. The van der Waals surface area contributed by atoms with Crippen LogP contribution in [0, 0.1) is 13.8 Å². The van der Waals surface area contributed by atoms with Crippen molar-refractivity contribution in [2.75, 3.05) is 33.3 Å². The van der Waals surface area contributed by atoms with E-state index < -0.39 is 0 Å². The molecule has 1 aliphatic rings. The highest BCUT2D eigenvalue weighted by molar-refractivity contribution is 5.97. The highest BCUT2D eigenvalue weighted by Gasteiger charge is 2.25. The van der Waals surface area contributed by atoms with Gasteiger partial charge in [-0.25, -0.2) is 4.79 Å². The first-order valence-corrected chi connectivity index (χ1v) is 8.83. The average molecular weight is 347 g/mol. The molecule has 2 rings (SSSR count). The third kappa shape index (κ3) is 4.65. The minimum absolute atomic E-state index is 0.0326. The lowest BCUT2D eigenvalue weighted by atomic mass is 10.0. The van der Waals surface area contributed by atoms with Crippen LogP contribution in [-0.2, 0) is 0 Å². The highest BCUT2D eigenvalue weighted by Crippen LogP contribution is 2.26. The maximum absolute atomic E-state index is 13.0. The Morgan fingerprint density at radius 1 is 1.08 bits per heavy atom. The fraction of sp³-hybridized carbons (Fsp3) is 0.579. The molecule has 0 radical (unpaired) electrons. The maximum Gasteiger partial charge on any atom is 0.317 e. The van der Waals surface area contributed by atoms with Gasteiger partial charge < -0.3 is 19.9 Å². The Balaban J connectivity index is 2.13. The second-order valence-electron chi connectivity index (χ2n) is 6.90. The average Bonchev–Trinajstić information content (AvgIpc) is 2.79. The summed E-state index contributed by atoms with van der Waals surface area (Å²) in [4.78, 5) is 28.8. The minimum atomic E-state index is -0.0618. The van der Waals surface area contributed by atoms with E-state index in [4.69, 9.17) is 4.74 Å². The summed E-state index contributed by atoms with van der Waals surface area (Å²) in [5.41, 5.74) is 2.59. The van der Waals surface area contributed by atoms with Crippen molar-refractivity contribution < 1.29 is 14.3 Å². The third-order valence-electron chi connectivity index (χ3n) is 4.34. The Morgan fingerprint density at radius 3 is 2.36 bits per heavy atom. The summed E-state index contributed by atoms with van der Waals surface area (Å²) >= 11 is 0. The normalized spacial score (nSPS) is 15.1. The molecule has 1 aromatic carbocycles. The largest absolute Gasteiger partial charge is 0.496 e. The Hall–Kier alpha value is -2.24. The van der Waals surface area contributed by atoms with E-state index in [1.165, 1.54) is 0 Å². The van der Waals surface area contributed by atoms with Gasteiger partial charge in [0.15, 0.2) is 0 Å². The number of amides is 3. The lowest BCUT2D eigenvalue weighted by Crippen LogP contribution is -2.44. The number of carbonyl (C=O) groups excluding carboxylic acids is 2. The third-order valence-corrected chi connectivity index (χ3v) is 4.34. The van der Waals surface area contributed by atoms with Crippen molar-refractivity contribution in [3.05, 3.63) is 28.8 Å². The first-order chi connectivity index (χ1) is 11.8. The lowest BCUT2D eigenvalue weighted by molar-refractivity contribution is 0.0758. The van der Waals surface area contributed by atoms with Crippen LogP contribution in [0.25, 0.3) is 0 Å². The van der Waals surface area contributed by atoms with Gasteiger partial charge in [0.25, 0.3) is 5.91 Å². The van der Waals surface area contributed by atoms with E-state index >= 15 is 0 Å². The lowest BCUT2D eigenvalue weighted by Gasteiger charge is -2.24. The summed E-state index contributed by atoms with van der Waals surface area (Å²) in [6.45, 7) is 10.2. The van der Waals surface area contributed by atoms with E-state index in [0.717, 1.165) is 17.5 Å². The summed E-state index contributed by atoms with van der Waals surface area (Å²) in [6, 6.07) is 3.93. The number of benzene rings is 1. The van der Waals surface area contributed by atoms with Gasteiger partial charge in [0.05, 0.1) is 12.7 Å². The number of nitrogens with zero attached hydrogens (tertiary/aromatic N) is 2. The summed E-state index contributed by atoms with van der Waals surface area (Å²) in [5, 5.41) is 2.91. The second-order valence-corrected chi connectivity index (χ2v) is 6.90. The molecular weight excluding hydrogens is 318 g/mol. The van der Waals surface area contributed by atoms with Gasteiger partial charge in [-0.3, -0.25) is 4.79 Å². The van der Waals surface area contributed by atoms with Crippen LogP contribution >= 0.6 is 0 Å². The maximum atomic E-state index is 13.0. The van der Waals surface area contributed by atoms with Gasteiger partial charge in [0.2, 0.25) is 0 Å². The zero-order valence-corrected chi connectivity index (χ0v) is 15.9. The van der Waals surface area contributed by atoms with Gasteiger partial charge in [0.1, 0.15) is 5.75 Å². The highest BCUT2D eigenvalue weighted by atomic mass is 16.5. The van der Waals surface area contributed by atoms with Crippen LogP contribution in [0.15, 0.2) is 12.1 Å². The molecule has 3 amide bonds. The fourth-order valence-electron chi connectivity index (χ4n) is 3.22. The number of ether oxygens (including phenoxy) is 1. The Kier molecular flexibility index (Phi) is 6.28. The molecule has 0 atom stereocenters. The van der Waals surface area contributed by atoms with E-state index in [1.54, 1.807) is 12.0 Å². The van der Waals surface area contributed by atoms with E-state index in [1.807, 2.05) is 44.7 Å². The van der Waals surface area contributed by atoms with Crippen LogP contribution < -0.4 is 10.1 Å². The number of urea groups is 1. The molecule has 25 heavy (non-hydrogen) atoms. The molecule has 1 aliphatic heterocycles. The molecule has 0 unspecified atom stereocenters. The van der Waals surface area contributed by atoms with Crippen LogP contribution in [0.2, 0.25) is 0 Å². The predicted octanol–water partition coefficient (Wildman–Crippen LogP) is 2.58. The van der Waals surface area contributed by atoms with Crippen molar-refractivity contribution in [1.29, 1.82) is 0 Å². The first kappa shape index (κ1) is 19.1. The number of rotatable bonds is 3. The van der Waals surface area contributed by atoms with Crippen LogP contribution in [0.1, 0.15) is 41.8 Å². The van der Waals surface area contributed by atoms with Crippen molar-refractivity contribution in [3.63, 3.8) is 0 Å². The SMILES string of the molecule is COc1c(C)cc(C)cc1C(=O)N1CCCN(C(=O)NC(C)C)CC1. The van der Waals surface area contributed by atoms with E-state index in [9.17, 15) is 9.59 Å². The molecule has 1 heterocycles. The van der Waals surface area contributed by atoms with Crippen molar-refractivity contribution in [3.8, 4) is 5.75 Å². The molecule has 0 bridgehead atoms. The Bertz CT molecular complexity index is 643. The number of hydrogen-bond acceptors (Lipinski definition) is 3. The zero-order chi connectivity index (χ0) is 18.6. The van der Waals surface area contributed by atoms with Gasteiger partial charge >= 0.3 is 6.03 Å². The number of methoxy groups -OCH3 is 1. The summed E-state index contributed by atoms with van der Waals surface area (Å²) in [6.07, 6.45) is 0.768. The topological polar surface area (TPSA) is 61.9 Å². The number of carbonyl (C=O) groups is 2. The van der Waals surface area contributed by atoms with Crippen molar-refractivity contribution >= 4 is 11.9 Å². The molecule has 0 aromatic heterocycles. The van der Waals surface area contributed by atoms with E-state index in [2.05, 4.69) is 5.32 Å². The summed E-state index contributed by atoms with van der Waals surface area (Å²) in [7, 11) is 1.59. The van der Waals surface area contributed by atoms with Crippen LogP contribution in [-0.4, -0.2) is 61.1 Å². The van der Waals surface area contributed by atoms with E-state index in [0.29, 0.717) is 37.5 Å². The van der Waals surface area contributed by atoms with E-state index in [-0.39, 0.29) is 18.0 Å². The predicted molar refractivity (Wildman–Crippen MR) is 98.2 cm³/mol. The minimum Gasteiger partial charge on any atom is -0.496 e. The molecule has 1 N–H and O–H groups in total. The van der Waals surface area contributed by atoms with Gasteiger partial charge in [-0.1, -0.05) is 6.07 Å². The standard InChI is InChI=1S/C19H29N3O3/c1-13(2)20-19(24)22-8-6-7-21(9-10-22)18(23)16-12-14(3)11-15(4)17(16)25-5/h11-13H,6-10H2,1-5H3,(H,20,24). The molecule has 1 fully saturated rings.